The third-order valence-electron chi connectivity index (χ3n) is 10.4. The molecule has 1 aromatic rings. The number of carboxylic acid groups (broad SMARTS) is 1. The molecule has 4 amide bonds. The Labute approximate surface area is 269 Å². The molecule has 1 saturated heterocycles. The number of hydrogen-bond donors (Lipinski definition) is 4. The Hall–Kier alpha value is -2.85. The third-order valence-corrected chi connectivity index (χ3v) is 11.4. The van der Waals surface area contributed by atoms with Gasteiger partial charge in [-0.05, 0) is 61.6 Å². The molecule has 3 aliphatic rings. The molecule has 2 unspecified atom stereocenters. The molecule has 12 heteroatoms. The van der Waals surface area contributed by atoms with E-state index < -0.39 is 46.6 Å². The number of halogens is 2. The number of carbonyl (C=O) groups is 5. The van der Waals surface area contributed by atoms with E-state index in [1.165, 1.54) is 0 Å². The van der Waals surface area contributed by atoms with E-state index in [4.69, 9.17) is 23.2 Å². The van der Waals surface area contributed by atoms with Gasteiger partial charge >= 0.3 is 5.97 Å². The molecule has 1 aliphatic heterocycles. The fourth-order valence-electron chi connectivity index (χ4n) is 7.19. The molecule has 0 spiro atoms. The molecular formula is C32H44Cl2N4O6. The van der Waals surface area contributed by atoms with Crippen LogP contribution in [-0.2, 0) is 30.4 Å². The number of aliphatic carboxylic acids is 1. The van der Waals surface area contributed by atoms with Crippen LogP contribution in [0.3, 0.4) is 0 Å². The Morgan fingerprint density at radius 1 is 0.932 bits per heavy atom. The number of carbonyl (C=O) groups excluding carboxylic acids is 4. The maximum Gasteiger partial charge on any atom is 0.326 e. The van der Waals surface area contributed by atoms with Crippen molar-refractivity contribution in [3.63, 3.8) is 0 Å². The number of likely N-dealkylation sites (tertiary alicyclic amines) is 1. The molecule has 3 fully saturated rings. The number of carboxylic acids is 1. The second-order valence-electron chi connectivity index (χ2n) is 13.2. The van der Waals surface area contributed by atoms with Gasteiger partial charge in [-0.2, -0.15) is 0 Å². The first-order chi connectivity index (χ1) is 20.7. The van der Waals surface area contributed by atoms with Gasteiger partial charge in [0.15, 0.2) is 0 Å². The van der Waals surface area contributed by atoms with Gasteiger partial charge in [0.25, 0.3) is 0 Å². The fraction of sp³-hybridized carbons (Fsp3) is 0.656. The van der Waals surface area contributed by atoms with Crippen molar-refractivity contribution in [3.05, 3.63) is 29.8 Å². The van der Waals surface area contributed by atoms with E-state index in [-0.39, 0.29) is 34.9 Å². The lowest BCUT2D eigenvalue weighted by atomic mass is 9.64. The Bertz CT molecular complexity index is 1260. The minimum atomic E-state index is -1.19. The predicted molar refractivity (Wildman–Crippen MR) is 168 cm³/mol. The van der Waals surface area contributed by atoms with Crippen molar-refractivity contribution in [2.24, 2.45) is 22.7 Å². The topological polar surface area (TPSA) is 145 Å². The van der Waals surface area contributed by atoms with Crippen molar-refractivity contribution in [1.82, 2.24) is 15.5 Å². The summed E-state index contributed by atoms with van der Waals surface area (Å²) in [6, 6.07) is 5.08. The Morgan fingerprint density at radius 2 is 1.57 bits per heavy atom. The Kier molecular flexibility index (Phi) is 10.6. The van der Waals surface area contributed by atoms with E-state index in [0.29, 0.717) is 37.1 Å². The number of likely N-dealkylation sites (N-methyl/N-ethyl adjacent to an activating group) is 1. The van der Waals surface area contributed by atoms with Crippen LogP contribution < -0.4 is 16.0 Å². The summed E-state index contributed by atoms with van der Waals surface area (Å²) in [6.45, 7) is 6.10. The first kappa shape index (κ1) is 34.0. The van der Waals surface area contributed by atoms with E-state index in [1.807, 2.05) is 20.8 Å². The summed E-state index contributed by atoms with van der Waals surface area (Å²) in [4.78, 5) is 66.5. The Balaban J connectivity index is 1.40. The van der Waals surface area contributed by atoms with Gasteiger partial charge in [0.2, 0.25) is 23.6 Å². The average molecular weight is 652 g/mol. The summed E-state index contributed by atoms with van der Waals surface area (Å²) in [7, 11) is 1.56. The highest BCUT2D eigenvalue weighted by molar-refractivity contribution is 6.27. The van der Waals surface area contributed by atoms with Crippen LogP contribution >= 0.6 is 23.2 Å². The summed E-state index contributed by atoms with van der Waals surface area (Å²) < 4.78 is 0. The van der Waals surface area contributed by atoms with Gasteiger partial charge in [-0.1, -0.05) is 39.3 Å². The lowest BCUT2D eigenvalue weighted by Crippen LogP contribution is -2.55. The summed E-state index contributed by atoms with van der Waals surface area (Å²) in [5.41, 5.74) is -0.468. The van der Waals surface area contributed by atoms with Crippen LogP contribution in [0.5, 0.6) is 0 Å². The van der Waals surface area contributed by atoms with E-state index in [9.17, 15) is 29.1 Å². The van der Waals surface area contributed by atoms with E-state index >= 15 is 0 Å². The van der Waals surface area contributed by atoms with Gasteiger partial charge in [-0.25, -0.2) is 4.79 Å². The number of hydrogen-bond acceptors (Lipinski definition) is 5. The van der Waals surface area contributed by atoms with Crippen molar-refractivity contribution in [2.75, 3.05) is 18.9 Å². The summed E-state index contributed by atoms with van der Waals surface area (Å²) in [6.07, 6.45) is 4.60. The van der Waals surface area contributed by atoms with Crippen LogP contribution in [0.2, 0.25) is 0 Å². The number of alkyl halides is 2. The zero-order valence-electron chi connectivity index (χ0n) is 25.8. The predicted octanol–water partition coefficient (Wildman–Crippen LogP) is 3.93. The monoisotopic (exact) mass is 650 g/mol. The summed E-state index contributed by atoms with van der Waals surface area (Å²) >= 11 is 12.7. The van der Waals surface area contributed by atoms with Crippen molar-refractivity contribution >= 4 is 58.5 Å². The number of nitrogens with zero attached hydrogens (tertiary/aromatic N) is 1. The molecule has 0 radical (unpaired) electrons. The first-order valence-corrected chi connectivity index (χ1v) is 16.3. The molecule has 44 heavy (non-hydrogen) atoms. The number of amides is 4. The number of anilines is 1. The molecule has 4 rings (SSSR count). The standard InChI is InChI=1S/C32H44Cl2N4O6/c1-31(2)20(14-15-32(31,3)30(44)38-16-6-9-24(38)27(40)35-4)26(39)37-23(29(42)43)17-18-10-12-19(13-11-18)36-28(41)25-21(33)7-5-8-22(25)34/h10-13,20-25H,5-9,14-17H2,1-4H3,(H,35,40)(H,36,41)(H,37,39)(H,42,43)/t20-,21?,22?,23+,24+,25?,32+/m1/s1. The highest BCUT2D eigenvalue weighted by Crippen LogP contribution is 2.57. The van der Waals surface area contributed by atoms with Crippen molar-refractivity contribution in [1.29, 1.82) is 0 Å². The van der Waals surface area contributed by atoms with Crippen LogP contribution in [0.4, 0.5) is 5.69 Å². The Morgan fingerprint density at radius 3 is 2.16 bits per heavy atom. The molecule has 10 nitrogen and oxygen atoms in total. The van der Waals surface area contributed by atoms with Crippen molar-refractivity contribution in [3.8, 4) is 0 Å². The molecule has 1 aromatic carbocycles. The van der Waals surface area contributed by atoms with Gasteiger partial charge in [0, 0.05) is 42.4 Å². The van der Waals surface area contributed by atoms with Crippen LogP contribution in [0.15, 0.2) is 24.3 Å². The smallest absolute Gasteiger partial charge is 0.326 e. The molecule has 6 atom stereocenters. The third kappa shape index (κ3) is 6.71. The number of rotatable bonds is 9. The van der Waals surface area contributed by atoms with E-state index in [2.05, 4.69) is 16.0 Å². The molecule has 1 heterocycles. The fourth-order valence-corrected chi connectivity index (χ4v) is 8.15. The maximum absolute atomic E-state index is 13.9. The minimum absolute atomic E-state index is 0.0381. The zero-order valence-corrected chi connectivity index (χ0v) is 27.3. The van der Waals surface area contributed by atoms with Crippen LogP contribution in [-0.4, -0.2) is 76.0 Å². The zero-order chi connectivity index (χ0) is 32.4. The van der Waals surface area contributed by atoms with Gasteiger partial charge < -0.3 is 26.0 Å². The summed E-state index contributed by atoms with van der Waals surface area (Å²) in [5, 5.41) is 17.5. The van der Waals surface area contributed by atoms with Gasteiger partial charge in [-0.15, -0.1) is 23.2 Å². The van der Waals surface area contributed by atoms with Gasteiger partial charge in [0.1, 0.15) is 12.1 Å². The van der Waals surface area contributed by atoms with E-state index in [0.717, 1.165) is 25.7 Å². The average Bonchev–Trinajstić information content (AvgIpc) is 3.55. The first-order valence-electron chi connectivity index (χ1n) is 15.4. The molecule has 0 bridgehead atoms. The quantitative estimate of drug-likeness (QED) is 0.298. The largest absolute Gasteiger partial charge is 0.480 e. The second kappa shape index (κ2) is 13.6. The lowest BCUT2D eigenvalue weighted by molar-refractivity contribution is -0.153. The molecule has 4 N–H and O–H groups in total. The van der Waals surface area contributed by atoms with Crippen LogP contribution in [0, 0.1) is 22.7 Å². The number of nitrogens with one attached hydrogen (secondary N) is 3. The second-order valence-corrected chi connectivity index (χ2v) is 14.3. The van der Waals surface area contributed by atoms with Crippen LogP contribution in [0.1, 0.15) is 71.3 Å². The molecule has 242 valence electrons. The molecule has 2 aliphatic carbocycles. The van der Waals surface area contributed by atoms with Crippen LogP contribution in [0.25, 0.3) is 0 Å². The summed E-state index contributed by atoms with van der Waals surface area (Å²) in [5.74, 6) is -3.25. The van der Waals surface area contributed by atoms with E-state index in [1.54, 1.807) is 36.2 Å². The number of benzene rings is 1. The van der Waals surface area contributed by atoms with Gasteiger partial charge in [0.05, 0.1) is 11.3 Å². The highest BCUT2D eigenvalue weighted by atomic mass is 35.5. The maximum atomic E-state index is 13.9. The minimum Gasteiger partial charge on any atom is -0.480 e. The molecule has 2 saturated carbocycles. The van der Waals surface area contributed by atoms with Crippen molar-refractivity contribution < 1.29 is 29.1 Å². The normalized spacial score (nSPS) is 30.3. The van der Waals surface area contributed by atoms with Gasteiger partial charge in [-0.3, -0.25) is 19.2 Å². The highest BCUT2D eigenvalue weighted by Gasteiger charge is 2.60. The lowest BCUT2D eigenvalue weighted by Gasteiger charge is -2.43. The molecule has 0 aromatic heterocycles. The molecular weight excluding hydrogens is 607 g/mol. The van der Waals surface area contributed by atoms with Crippen molar-refractivity contribution in [2.45, 2.75) is 95.0 Å². The SMILES string of the molecule is CNC(=O)[C@@H]1CCCN1C(=O)[C@]1(C)CC[C@H](C(=O)N[C@@H](Cc2ccc(NC(=O)C3C(Cl)CCCC3Cl)cc2)C(=O)O)C1(C)C.